The summed E-state index contributed by atoms with van der Waals surface area (Å²) in [5.41, 5.74) is 0.948. The van der Waals surface area contributed by atoms with Crippen LogP contribution in [0.3, 0.4) is 0 Å². The molecule has 4 rings (SSSR count). The van der Waals surface area contributed by atoms with Gasteiger partial charge in [0.25, 0.3) is 5.91 Å². The molecule has 172 valence electrons. The largest absolute Gasteiger partial charge is 0.483 e. The van der Waals surface area contributed by atoms with Crippen LogP contribution in [0.1, 0.15) is 38.2 Å². The van der Waals surface area contributed by atoms with Gasteiger partial charge in [-0.05, 0) is 48.9 Å². The minimum atomic E-state index is -0.604. The van der Waals surface area contributed by atoms with Crippen molar-refractivity contribution in [2.75, 3.05) is 6.61 Å². The zero-order valence-corrected chi connectivity index (χ0v) is 20.4. The van der Waals surface area contributed by atoms with Gasteiger partial charge in [0.1, 0.15) is 11.8 Å². The molecule has 1 aliphatic carbocycles. The second kappa shape index (κ2) is 10.8. The first kappa shape index (κ1) is 23.3. The van der Waals surface area contributed by atoms with E-state index in [0.29, 0.717) is 12.3 Å². The molecule has 1 unspecified atom stereocenters. The highest BCUT2D eigenvalue weighted by molar-refractivity contribution is 9.10. The zero-order valence-electron chi connectivity index (χ0n) is 18.8. The summed E-state index contributed by atoms with van der Waals surface area (Å²) < 4.78 is 6.89. The maximum atomic E-state index is 13.3. The minimum absolute atomic E-state index is 0.115. The van der Waals surface area contributed by atoms with E-state index in [9.17, 15) is 9.59 Å². The number of halogens is 1. The lowest BCUT2D eigenvalue weighted by Crippen LogP contribution is -2.50. The average Bonchev–Trinajstić information content (AvgIpc) is 3.33. The first-order chi connectivity index (χ1) is 16.0. The van der Waals surface area contributed by atoms with Gasteiger partial charge >= 0.3 is 0 Å². The number of nitrogens with one attached hydrogen (secondary N) is 1. The van der Waals surface area contributed by atoms with Crippen molar-refractivity contribution >= 4 is 38.5 Å². The molecule has 0 bridgehead atoms. The molecule has 3 aromatic rings. The lowest BCUT2D eigenvalue weighted by Gasteiger charge is -2.29. The number of nitrogens with zero attached hydrogens (tertiary/aromatic N) is 1. The van der Waals surface area contributed by atoms with Gasteiger partial charge in [0.05, 0.1) is 0 Å². The van der Waals surface area contributed by atoms with Gasteiger partial charge in [-0.15, -0.1) is 0 Å². The molecule has 3 aromatic carbocycles. The van der Waals surface area contributed by atoms with Gasteiger partial charge in [0, 0.05) is 22.4 Å². The van der Waals surface area contributed by atoms with Crippen LogP contribution in [-0.2, 0) is 16.1 Å². The SMILES string of the molecule is CC(C(=O)NC1CCCC1)N(Cc1cccc(Br)c1)C(=O)COc1cccc2ccccc12. The molecule has 0 saturated heterocycles. The van der Waals surface area contributed by atoms with Crippen LogP contribution in [0.4, 0.5) is 0 Å². The maximum Gasteiger partial charge on any atom is 0.261 e. The zero-order chi connectivity index (χ0) is 23.2. The van der Waals surface area contributed by atoms with Gasteiger partial charge in [-0.1, -0.05) is 77.3 Å². The van der Waals surface area contributed by atoms with E-state index in [1.54, 1.807) is 11.8 Å². The van der Waals surface area contributed by atoms with Crippen molar-refractivity contribution in [2.24, 2.45) is 0 Å². The average molecular weight is 509 g/mol. The van der Waals surface area contributed by atoms with Crippen molar-refractivity contribution in [1.29, 1.82) is 0 Å². The highest BCUT2D eigenvalue weighted by Crippen LogP contribution is 2.25. The minimum Gasteiger partial charge on any atom is -0.483 e. The first-order valence-electron chi connectivity index (χ1n) is 11.5. The molecule has 1 atom stereocenters. The van der Waals surface area contributed by atoms with Gasteiger partial charge in [-0.3, -0.25) is 9.59 Å². The van der Waals surface area contributed by atoms with Crippen LogP contribution in [0.5, 0.6) is 5.75 Å². The van der Waals surface area contributed by atoms with Crippen molar-refractivity contribution in [1.82, 2.24) is 10.2 Å². The summed E-state index contributed by atoms with van der Waals surface area (Å²) in [6, 6.07) is 21.1. The summed E-state index contributed by atoms with van der Waals surface area (Å²) in [7, 11) is 0. The Kier molecular flexibility index (Phi) is 7.65. The second-order valence-electron chi connectivity index (χ2n) is 8.58. The summed E-state index contributed by atoms with van der Waals surface area (Å²) in [6.45, 7) is 1.98. The summed E-state index contributed by atoms with van der Waals surface area (Å²) in [4.78, 5) is 27.9. The van der Waals surface area contributed by atoms with Crippen LogP contribution in [0, 0.1) is 0 Å². The molecule has 1 saturated carbocycles. The fourth-order valence-electron chi connectivity index (χ4n) is 4.35. The smallest absolute Gasteiger partial charge is 0.261 e. The van der Waals surface area contributed by atoms with E-state index in [0.717, 1.165) is 46.5 Å². The molecule has 2 amide bonds. The van der Waals surface area contributed by atoms with Gasteiger partial charge in [0.2, 0.25) is 5.91 Å². The molecular weight excluding hydrogens is 480 g/mol. The molecule has 1 N–H and O–H groups in total. The van der Waals surface area contributed by atoms with Crippen molar-refractivity contribution in [2.45, 2.75) is 51.2 Å². The first-order valence-corrected chi connectivity index (χ1v) is 12.3. The molecule has 0 aliphatic heterocycles. The number of rotatable bonds is 8. The van der Waals surface area contributed by atoms with E-state index in [1.807, 2.05) is 66.7 Å². The Morgan fingerprint density at radius 1 is 1.06 bits per heavy atom. The van der Waals surface area contributed by atoms with Gasteiger partial charge < -0.3 is 15.0 Å². The number of carbonyl (C=O) groups is 2. The van der Waals surface area contributed by atoms with Crippen LogP contribution in [0.15, 0.2) is 71.2 Å². The molecule has 0 radical (unpaired) electrons. The topological polar surface area (TPSA) is 58.6 Å². The number of fused-ring (bicyclic) bond motifs is 1. The number of benzene rings is 3. The Labute approximate surface area is 203 Å². The van der Waals surface area contributed by atoms with E-state index in [2.05, 4.69) is 21.2 Å². The lowest BCUT2D eigenvalue weighted by molar-refractivity contribution is -0.142. The van der Waals surface area contributed by atoms with Crippen molar-refractivity contribution < 1.29 is 14.3 Å². The molecule has 5 nitrogen and oxygen atoms in total. The normalized spacial score (nSPS) is 14.7. The van der Waals surface area contributed by atoms with Crippen LogP contribution in [0.25, 0.3) is 10.8 Å². The van der Waals surface area contributed by atoms with E-state index in [-0.39, 0.29) is 24.5 Å². The lowest BCUT2D eigenvalue weighted by atomic mass is 10.1. The highest BCUT2D eigenvalue weighted by atomic mass is 79.9. The van der Waals surface area contributed by atoms with Crippen molar-refractivity contribution in [3.05, 3.63) is 76.8 Å². The summed E-state index contributed by atoms with van der Waals surface area (Å²) in [5, 5.41) is 5.14. The van der Waals surface area contributed by atoms with E-state index >= 15 is 0 Å². The van der Waals surface area contributed by atoms with Crippen molar-refractivity contribution in [3.63, 3.8) is 0 Å². The number of carbonyl (C=O) groups excluding carboxylic acids is 2. The Bertz CT molecular complexity index is 1120. The fourth-order valence-corrected chi connectivity index (χ4v) is 4.80. The highest BCUT2D eigenvalue weighted by Gasteiger charge is 2.28. The Morgan fingerprint density at radius 3 is 2.58 bits per heavy atom. The predicted octanol–water partition coefficient (Wildman–Crippen LogP) is 5.46. The summed E-state index contributed by atoms with van der Waals surface area (Å²) >= 11 is 3.49. The van der Waals surface area contributed by atoms with E-state index in [4.69, 9.17) is 4.74 Å². The van der Waals surface area contributed by atoms with Gasteiger partial charge in [-0.25, -0.2) is 0 Å². The Hall–Kier alpha value is -2.86. The van der Waals surface area contributed by atoms with Gasteiger partial charge in [0.15, 0.2) is 6.61 Å². The van der Waals surface area contributed by atoms with E-state index in [1.165, 1.54) is 0 Å². The third kappa shape index (κ3) is 5.93. The standard InChI is InChI=1S/C27H29BrN2O3/c1-19(27(32)29-23-12-3-4-13-23)30(17-20-8-6-11-22(28)16-20)26(31)18-33-25-15-7-10-21-9-2-5-14-24(21)25/h2,5-11,14-16,19,23H,3-4,12-13,17-18H2,1H3,(H,29,32). The predicted molar refractivity (Wildman–Crippen MR) is 134 cm³/mol. The Balaban J connectivity index is 1.50. The van der Waals surface area contributed by atoms with Crippen LogP contribution < -0.4 is 10.1 Å². The summed E-state index contributed by atoms with van der Waals surface area (Å²) in [5.74, 6) is 0.319. The molecular formula is C27H29BrN2O3. The van der Waals surface area contributed by atoms with Crippen molar-refractivity contribution in [3.8, 4) is 5.75 Å². The molecule has 0 heterocycles. The van der Waals surface area contributed by atoms with Gasteiger partial charge in [-0.2, -0.15) is 0 Å². The number of hydrogen-bond acceptors (Lipinski definition) is 3. The molecule has 0 spiro atoms. The van der Waals surface area contributed by atoms with Crippen LogP contribution in [0.2, 0.25) is 0 Å². The number of ether oxygens (including phenoxy) is 1. The number of hydrogen-bond donors (Lipinski definition) is 1. The Morgan fingerprint density at radius 2 is 1.79 bits per heavy atom. The molecule has 1 fully saturated rings. The molecule has 1 aliphatic rings. The third-order valence-electron chi connectivity index (χ3n) is 6.21. The number of amides is 2. The molecule has 0 aromatic heterocycles. The molecule has 6 heteroatoms. The van der Waals surface area contributed by atoms with Crippen LogP contribution >= 0.6 is 15.9 Å². The monoisotopic (exact) mass is 508 g/mol. The second-order valence-corrected chi connectivity index (χ2v) is 9.50. The molecule has 33 heavy (non-hydrogen) atoms. The van der Waals surface area contributed by atoms with Crippen LogP contribution in [-0.4, -0.2) is 35.4 Å². The quantitative estimate of drug-likeness (QED) is 0.439. The fraction of sp³-hybridized carbons (Fsp3) is 0.333. The van der Waals surface area contributed by atoms with E-state index < -0.39 is 6.04 Å². The third-order valence-corrected chi connectivity index (χ3v) is 6.70. The summed E-state index contributed by atoms with van der Waals surface area (Å²) in [6.07, 6.45) is 4.28. The maximum absolute atomic E-state index is 13.3.